The molecule has 0 amide bonds. The van der Waals surface area contributed by atoms with Gasteiger partial charge < -0.3 is 5.32 Å². The van der Waals surface area contributed by atoms with Crippen LogP contribution in [0.4, 0.5) is 0 Å². The zero-order valence-electron chi connectivity index (χ0n) is 12.6. The lowest BCUT2D eigenvalue weighted by atomic mass is 10.2. The highest BCUT2D eigenvalue weighted by Gasteiger charge is 2.11. The van der Waals surface area contributed by atoms with Gasteiger partial charge in [0.2, 0.25) is 0 Å². The molecule has 0 saturated heterocycles. The molecule has 1 heterocycles. The Morgan fingerprint density at radius 3 is 2.67 bits per heavy atom. The Bertz CT molecular complexity index is 539. The molecule has 3 nitrogen and oxygen atoms in total. The van der Waals surface area contributed by atoms with Crippen molar-refractivity contribution in [3.8, 4) is 0 Å². The van der Waals surface area contributed by atoms with Gasteiger partial charge in [0.25, 0.3) is 0 Å². The van der Waals surface area contributed by atoms with Gasteiger partial charge in [-0.15, -0.1) is 11.8 Å². The zero-order valence-corrected chi connectivity index (χ0v) is 14.1. The summed E-state index contributed by atoms with van der Waals surface area (Å²) < 4.78 is 1.86. The molecule has 114 valence electrons. The Morgan fingerprint density at radius 1 is 1.29 bits per heavy atom. The van der Waals surface area contributed by atoms with Gasteiger partial charge in [-0.1, -0.05) is 18.5 Å². The molecule has 0 aliphatic heterocycles. The first-order valence-corrected chi connectivity index (χ1v) is 8.64. The maximum absolute atomic E-state index is 5.92. The van der Waals surface area contributed by atoms with E-state index in [1.807, 2.05) is 41.8 Å². The average Bonchev–Trinajstić information content (AvgIpc) is 2.89. The molecule has 0 saturated carbocycles. The van der Waals surface area contributed by atoms with Crippen LogP contribution in [0.3, 0.4) is 0 Å². The summed E-state index contributed by atoms with van der Waals surface area (Å²) in [6.07, 6.45) is 4.10. The quantitative estimate of drug-likeness (QED) is 0.750. The molecule has 0 bridgehead atoms. The van der Waals surface area contributed by atoms with Gasteiger partial charge >= 0.3 is 0 Å². The van der Waals surface area contributed by atoms with Crippen LogP contribution in [0, 0.1) is 0 Å². The molecule has 0 aliphatic rings. The Labute approximate surface area is 136 Å². The van der Waals surface area contributed by atoms with Crippen LogP contribution in [0.2, 0.25) is 5.02 Å². The summed E-state index contributed by atoms with van der Waals surface area (Å²) in [4.78, 5) is 1.25. The van der Waals surface area contributed by atoms with E-state index in [9.17, 15) is 0 Å². The minimum Gasteiger partial charge on any atom is -0.313 e. The standard InChI is InChI=1S/C16H22ClN3S/c1-3-9-18-15(11-14-8-10-20(2)19-14)12-21-16-6-4-13(17)5-7-16/h4-8,10,15,18H,3,9,11-12H2,1-2H3. The highest BCUT2D eigenvalue weighted by molar-refractivity contribution is 7.99. The first-order valence-electron chi connectivity index (χ1n) is 7.27. The Balaban J connectivity index is 1.90. The number of aryl methyl sites for hydroxylation is 1. The fourth-order valence-electron chi connectivity index (χ4n) is 2.09. The molecule has 1 aromatic heterocycles. The van der Waals surface area contributed by atoms with E-state index in [1.165, 1.54) is 4.90 Å². The third-order valence-corrected chi connectivity index (χ3v) is 4.60. The first-order chi connectivity index (χ1) is 10.2. The predicted octanol–water partition coefficient (Wildman–Crippen LogP) is 3.78. The van der Waals surface area contributed by atoms with Crippen LogP contribution in [0.15, 0.2) is 41.4 Å². The summed E-state index contributed by atoms with van der Waals surface area (Å²) in [5.74, 6) is 1.03. The third-order valence-electron chi connectivity index (χ3n) is 3.17. The van der Waals surface area contributed by atoms with E-state index in [0.717, 1.165) is 35.9 Å². The minimum atomic E-state index is 0.431. The average molecular weight is 324 g/mol. The molecule has 0 spiro atoms. The van der Waals surface area contributed by atoms with Crippen molar-refractivity contribution in [1.29, 1.82) is 0 Å². The van der Waals surface area contributed by atoms with E-state index >= 15 is 0 Å². The van der Waals surface area contributed by atoms with Crippen LogP contribution < -0.4 is 5.32 Å². The summed E-state index contributed by atoms with van der Waals surface area (Å²) in [6, 6.07) is 10.6. The van der Waals surface area contributed by atoms with Crippen molar-refractivity contribution < 1.29 is 0 Å². The van der Waals surface area contributed by atoms with Crippen LogP contribution in [0.25, 0.3) is 0 Å². The van der Waals surface area contributed by atoms with Crippen molar-refractivity contribution in [1.82, 2.24) is 15.1 Å². The van der Waals surface area contributed by atoms with Crippen LogP contribution in [0.1, 0.15) is 19.0 Å². The van der Waals surface area contributed by atoms with Crippen molar-refractivity contribution in [3.05, 3.63) is 47.2 Å². The number of thioether (sulfide) groups is 1. The van der Waals surface area contributed by atoms with Gasteiger partial charge in [0, 0.05) is 41.4 Å². The van der Waals surface area contributed by atoms with E-state index in [4.69, 9.17) is 11.6 Å². The highest BCUT2D eigenvalue weighted by Crippen LogP contribution is 2.21. The highest BCUT2D eigenvalue weighted by atomic mass is 35.5. The number of benzene rings is 1. The second kappa shape index (κ2) is 8.47. The molecule has 0 radical (unpaired) electrons. The largest absolute Gasteiger partial charge is 0.313 e. The Hall–Kier alpha value is -0.970. The summed E-state index contributed by atoms with van der Waals surface area (Å²) in [5.41, 5.74) is 1.14. The molecule has 5 heteroatoms. The van der Waals surface area contributed by atoms with Crippen LogP contribution >= 0.6 is 23.4 Å². The lowest BCUT2D eigenvalue weighted by Crippen LogP contribution is -2.34. The first kappa shape index (κ1) is 16.4. The Morgan fingerprint density at radius 2 is 2.05 bits per heavy atom. The molecule has 1 N–H and O–H groups in total. The van der Waals surface area contributed by atoms with E-state index in [0.29, 0.717) is 6.04 Å². The van der Waals surface area contributed by atoms with Crippen molar-refractivity contribution in [2.75, 3.05) is 12.3 Å². The third kappa shape index (κ3) is 5.73. The normalized spacial score (nSPS) is 12.5. The van der Waals surface area contributed by atoms with Gasteiger partial charge in [-0.3, -0.25) is 4.68 Å². The molecule has 21 heavy (non-hydrogen) atoms. The lowest BCUT2D eigenvalue weighted by Gasteiger charge is -2.17. The van der Waals surface area contributed by atoms with Crippen molar-refractivity contribution >= 4 is 23.4 Å². The molecule has 0 aliphatic carbocycles. The molecule has 1 aromatic carbocycles. The van der Waals surface area contributed by atoms with E-state index in [2.05, 4.69) is 35.5 Å². The Kier molecular flexibility index (Phi) is 6.61. The number of halogens is 1. The smallest absolute Gasteiger partial charge is 0.0640 e. The van der Waals surface area contributed by atoms with Crippen LogP contribution in [-0.2, 0) is 13.5 Å². The van der Waals surface area contributed by atoms with Crippen LogP contribution in [-0.4, -0.2) is 28.1 Å². The zero-order chi connectivity index (χ0) is 15.1. The van der Waals surface area contributed by atoms with Gasteiger partial charge in [-0.25, -0.2) is 0 Å². The van der Waals surface area contributed by atoms with E-state index in [1.54, 1.807) is 0 Å². The number of aromatic nitrogens is 2. The summed E-state index contributed by atoms with van der Waals surface area (Å²) in [6.45, 7) is 3.23. The summed E-state index contributed by atoms with van der Waals surface area (Å²) in [7, 11) is 1.96. The fourth-order valence-corrected chi connectivity index (χ4v) is 3.17. The second-order valence-electron chi connectivity index (χ2n) is 5.10. The summed E-state index contributed by atoms with van der Waals surface area (Å²) in [5, 5.41) is 8.87. The number of nitrogens with one attached hydrogen (secondary N) is 1. The predicted molar refractivity (Wildman–Crippen MR) is 91.2 cm³/mol. The van der Waals surface area contributed by atoms with E-state index in [-0.39, 0.29) is 0 Å². The van der Waals surface area contributed by atoms with Crippen LogP contribution in [0.5, 0.6) is 0 Å². The molecule has 1 unspecified atom stereocenters. The number of nitrogens with zero attached hydrogens (tertiary/aromatic N) is 2. The van der Waals surface area contributed by atoms with Crippen molar-refractivity contribution in [3.63, 3.8) is 0 Å². The molecular formula is C16H22ClN3S. The molecule has 1 atom stereocenters. The van der Waals surface area contributed by atoms with Gasteiger partial charge in [0.05, 0.1) is 5.69 Å². The summed E-state index contributed by atoms with van der Waals surface area (Å²) >= 11 is 7.78. The van der Waals surface area contributed by atoms with Gasteiger partial charge in [0.1, 0.15) is 0 Å². The number of rotatable bonds is 8. The fraction of sp³-hybridized carbons (Fsp3) is 0.438. The maximum atomic E-state index is 5.92. The maximum Gasteiger partial charge on any atom is 0.0640 e. The topological polar surface area (TPSA) is 29.9 Å². The molecule has 0 fully saturated rings. The van der Waals surface area contributed by atoms with E-state index < -0.39 is 0 Å². The van der Waals surface area contributed by atoms with Crippen molar-refractivity contribution in [2.24, 2.45) is 7.05 Å². The number of hydrogen-bond donors (Lipinski definition) is 1. The molecular weight excluding hydrogens is 302 g/mol. The molecule has 2 aromatic rings. The SMILES string of the molecule is CCCNC(CSc1ccc(Cl)cc1)Cc1ccn(C)n1. The second-order valence-corrected chi connectivity index (χ2v) is 6.63. The molecule has 2 rings (SSSR count). The van der Waals surface area contributed by atoms with Gasteiger partial charge in [-0.05, 0) is 43.3 Å². The monoisotopic (exact) mass is 323 g/mol. The van der Waals surface area contributed by atoms with Gasteiger partial charge in [0.15, 0.2) is 0 Å². The van der Waals surface area contributed by atoms with Crippen molar-refractivity contribution in [2.45, 2.75) is 30.7 Å². The minimum absolute atomic E-state index is 0.431. The number of hydrogen-bond acceptors (Lipinski definition) is 3. The van der Waals surface area contributed by atoms with Gasteiger partial charge in [-0.2, -0.15) is 5.10 Å². The lowest BCUT2D eigenvalue weighted by molar-refractivity contribution is 0.541.